The van der Waals surface area contributed by atoms with Crippen LogP contribution >= 0.6 is 0 Å². The molecule has 1 aliphatic heterocycles. The fourth-order valence-corrected chi connectivity index (χ4v) is 9.52. The van der Waals surface area contributed by atoms with Gasteiger partial charge in [0.1, 0.15) is 33.8 Å². The lowest BCUT2D eigenvalue weighted by molar-refractivity contribution is 0.488. The molecule has 2 aromatic heterocycles. The molecule has 0 N–H and O–H groups in total. The van der Waals surface area contributed by atoms with Crippen LogP contribution in [0, 0.1) is 0 Å². The van der Waals surface area contributed by atoms with Gasteiger partial charge in [-0.25, -0.2) is 0 Å². The van der Waals surface area contributed by atoms with Crippen LogP contribution < -0.4 is 9.64 Å². The van der Waals surface area contributed by atoms with Gasteiger partial charge in [0.25, 0.3) is 0 Å². The Balaban J connectivity index is 0.881. The molecular weight excluding hydrogens is 783 g/mol. The molecule has 0 unspecified atom stereocenters. The Kier molecular flexibility index (Phi) is 8.18. The molecule has 0 spiro atoms. The molecule has 0 saturated carbocycles. The first-order valence-corrected chi connectivity index (χ1v) is 21.6. The normalized spacial score (nSPS) is 11.9. The fourth-order valence-electron chi connectivity index (χ4n) is 9.52. The van der Waals surface area contributed by atoms with Crippen LogP contribution in [0.3, 0.4) is 0 Å². The van der Waals surface area contributed by atoms with Crippen LogP contribution in [-0.4, -0.2) is 0 Å². The summed E-state index contributed by atoms with van der Waals surface area (Å²) in [7, 11) is 0. The van der Waals surface area contributed by atoms with Gasteiger partial charge in [0.05, 0.1) is 0 Å². The third kappa shape index (κ3) is 5.99. The van der Waals surface area contributed by atoms with Crippen LogP contribution in [0.25, 0.3) is 99.5 Å². The van der Waals surface area contributed by atoms with Crippen molar-refractivity contribution in [3.05, 3.63) is 224 Å². The minimum Gasteiger partial charge on any atom is -0.456 e. The van der Waals surface area contributed by atoms with Crippen molar-refractivity contribution in [3.63, 3.8) is 0 Å². The van der Waals surface area contributed by atoms with Gasteiger partial charge in [-0.3, -0.25) is 0 Å². The zero-order chi connectivity index (χ0) is 42.1. The largest absolute Gasteiger partial charge is 0.456 e. The summed E-state index contributed by atoms with van der Waals surface area (Å²) in [4.78, 5) is 2.33. The molecule has 0 fully saturated rings. The first-order chi connectivity index (χ1) is 31.7. The Labute approximate surface area is 369 Å². The van der Waals surface area contributed by atoms with Crippen molar-refractivity contribution >= 4 is 60.9 Å². The van der Waals surface area contributed by atoms with Gasteiger partial charge in [-0.15, -0.1) is 0 Å². The van der Waals surface area contributed by atoms with Gasteiger partial charge in [-0.2, -0.15) is 0 Å². The van der Waals surface area contributed by atoms with E-state index in [4.69, 9.17) is 13.6 Å². The lowest BCUT2D eigenvalue weighted by Crippen LogP contribution is -2.09. The molecule has 10 aromatic carbocycles. The second kappa shape index (κ2) is 14.5. The van der Waals surface area contributed by atoms with Crippen molar-refractivity contribution in [1.29, 1.82) is 0 Å². The Hall–Kier alpha value is -8.60. The van der Waals surface area contributed by atoms with E-state index in [1.165, 1.54) is 0 Å². The molecule has 4 nitrogen and oxygen atoms in total. The Morgan fingerprint density at radius 3 is 1.12 bits per heavy atom. The predicted molar refractivity (Wildman–Crippen MR) is 263 cm³/mol. The average molecular weight is 820 g/mol. The van der Waals surface area contributed by atoms with E-state index in [-0.39, 0.29) is 0 Å². The third-order valence-electron chi connectivity index (χ3n) is 12.7. The van der Waals surface area contributed by atoms with Crippen molar-refractivity contribution in [3.8, 4) is 67.1 Å². The number of rotatable bonds is 6. The van der Waals surface area contributed by atoms with Crippen molar-refractivity contribution in [2.24, 2.45) is 0 Å². The van der Waals surface area contributed by atoms with E-state index in [1.807, 2.05) is 42.5 Å². The van der Waals surface area contributed by atoms with Gasteiger partial charge in [0, 0.05) is 49.7 Å². The standard InChI is InChI=1S/C60H37NO3/c1-5-13-55-48(9-1)47-32-23-41(35-52(47)49-10-2-6-14-56(49)62-55)38-17-26-44(27-18-38)61(45-28-19-39(20-29-45)42-24-33-59-53(36-42)50-11-3-7-15-57(50)63-59)46-30-21-40(22-31-46)43-25-34-60-54(37-43)51-12-4-8-16-58(51)64-60/h1-37H. The lowest BCUT2D eigenvalue weighted by atomic mass is 9.91. The minimum atomic E-state index is 0.861. The van der Waals surface area contributed by atoms with Gasteiger partial charge < -0.3 is 18.5 Å². The molecular formula is C60H37NO3. The fraction of sp³-hybridized carbons (Fsp3) is 0. The van der Waals surface area contributed by atoms with Crippen LogP contribution in [0.1, 0.15) is 0 Å². The smallest absolute Gasteiger partial charge is 0.135 e. The van der Waals surface area contributed by atoms with Gasteiger partial charge in [0.2, 0.25) is 0 Å². The molecule has 0 bridgehead atoms. The molecule has 0 amide bonds. The van der Waals surface area contributed by atoms with Crippen molar-refractivity contribution < 1.29 is 13.6 Å². The second-order valence-corrected chi connectivity index (χ2v) is 16.4. The van der Waals surface area contributed by atoms with Crippen LogP contribution in [0.4, 0.5) is 17.1 Å². The molecule has 0 atom stereocenters. The lowest BCUT2D eigenvalue weighted by Gasteiger charge is -2.26. The number of nitrogens with zero attached hydrogens (tertiary/aromatic N) is 1. The molecule has 300 valence electrons. The summed E-state index contributed by atoms with van der Waals surface area (Å²) in [5, 5.41) is 4.50. The number of ether oxygens (including phenoxy) is 1. The van der Waals surface area contributed by atoms with Crippen LogP contribution in [-0.2, 0) is 0 Å². The van der Waals surface area contributed by atoms with Gasteiger partial charge in [0.15, 0.2) is 0 Å². The highest BCUT2D eigenvalue weighted by atomic mass is 16.5. The topological polar surface area (TPSA) is 38.8 Å². The highest BCUT2D eigenvalue weighted by Gasteiger charge is 2.21. The maximum atomic E-state index is 6.47. The quantitative estimate of drug-likeness (QED) is 0.167. The predicted octanol–water partition coefficient (Wildman–Crippen LogP) is 17.4. The summed E-state index contributed by atoms with van der Waals surface area (Å²) >= 11 is 0. The summed E-state index contributed by atoms with van der Waals surface area (Å²) in [6.45, 7) is 0. The summed E-state index contributed by atoms with van der Waals surface area (Å²) in [5.74, 6) is 1.73. The van der Waals surface area contributed by atoms with E-state index in [0.29, 0.717) is 0 Å². The molecule has 3 heterocycles. The van der Waals surface area contributed by atoms with Crippen molar-refractivity contribution in [2.75, 3.05) is 4.90 Å². The van der Waals surface area contributed by atoms with Crippen LogP contribution in [0.15, 0.2) is 233 Å². The molecule has 0 radical (unpaired) electrons. The van der Waals surface area contributed by atoms with Gasteiger partial charge >= 0.3 is 0 Å². The Bertz CT molecular complexity index is 3590. The molecule has 0 saturated heterocycles. The monoisotopic (exact) mass is 819 g/mol. The maximum absolute atomic E-state index is 6.47. The maximum Gasteiger partial charge on any atom is 0.135 e. The summed E-state index contributed by atoms with van der Waals surface area (Å²) in [5.41, 5.74) is 18.1. The SMILES string of the molecule is c1ccc2c(c1)Oc1ccccc1-c1cc(-c3ccc(N(c4ccc(-c5ccc6oc7ccccc7c6c5)cc4)c4ccc(-c5ccc6oc7ccccc7c6c5)cc4)cc3)ccc1-2. The highest BCUT2D eigenvalue weighted by molar-refractivity contribution is 6.07. The van der Waals surface area contributed by atoms with Gasteiger partial charge in [-0.1, -0.05) is 133 Å². The zero-order valence-electron chi connectivity index (χ0n) is 34.5. The third-order valence-corrected chi connectivity index (χ3v) is 12.7. The first-order valence-electron chi connectivity index (χ1n) is 21.6. The van der Waals surface area contributed by atoms with E-state index < -0.39 is 0 Å². The van der Waals surface area contributed by atoms with Crippen LogP contribution in [0.2, 0.25) is 0 Å². The summed E-state index contributed by atoms with van der Waals surface area (Å²) < 4.78 is 18.7. The van der Waals surface area contributed by atoms with E-state index >= 15 is 0 Å². The second-order valence-electron chi connectivity index (χ2n) is 16.4. The number of furan rings is 2. The number of para-hydroxylation sites is 4. The number of benzene rings is 10. The Morgan fingerprint density at radius 1 is 0.250 bits per heavy atom. The van der Waals surface area contributed by atoms with E-state index in [1.54, 1.807) is 0 Å². The van der Waals surface area contributed by atoms with Gasteiger partial charge in [-0.05, 0) is 136 Å². The van der Waals surface area contributed by atoms with E-state index in [0.717, 1.165) is 128 Å². The number of anilines is 3. The van der Waals surface area contributed by atoms with Crippen LogP contribution in [0.5, 0.6) is 11.5 Å². The molecule has 12 aromatic rings. The van der Waals surface area contributed by atoms with Crippen molar-refractivity contribution in [2.45, 2.75) is 0 Å². The Morgan fingerprint density at radius 2 is 0.625 bits per heavy atom. The zero-order valence-corrected chi connectivity index (χ0v) is 34.5. The molecule has 13 rings (SSSR count). The minimum absolute atomic E-state index is 0.861. The number of fused-ring (bicyclic) bond motifs is 11. The summed E-state index contributed by atoms with van der Waals surface area (Å²) in [6, 6.07) is 79.4. The molecule has 4 heteroatoms. The highest BCUT2D eigenvalue weighted by Crippen LogP contribution is 2.48. The summed E-state index contributed by atoms with van der Waals surface area (Å²) in [6.07, 6.45) is 0. The van der Waals surface area contributed by atoms with E-state index in [2.05, 4.69) is 187 Å². The van der Waals surface area contributed by atoms with E-state index in [9.17, 15) is 0 Å². The number of hydrogen-bond donors (Lipinski definition) is 0. The van der Waals surface area contributed by atoms with Crippen molar-refractivity contribution in [1.82, 2.24) is 0 Å². The first kappa shape index (κ1) is 36.1. The molecule has 64 heavy (non-hydrogen) atoms. The average Bonchev–Trinajstić information content (AvgIpc) is 3.88. The number of hydrogen-bond acceptors (Lipinski definition) is 4. The molecule has 1 aliphatic rings. The molecule has 0 aliphatic carbocycles.